The van der Waals surface area contributed by atoms with Crippen LogP contribution in [-0.4, -0.2) is 32.4 Å². The second-order valence-corrected chi connectivity index (χ2v) is 6.19. The van der Waals surface area contributed by atoms with Gasteiger partial charge in [0.2, 0.25) is 0 Å². The maximum Gasteiger partial charge on any atom is 0.387 e. The van der Waals surface area contributed by atoms with Crippen molar-refractivity contribution in [2.45, 2.75) is 12.7 Å². The molecule has 0 amide bonds. The van der Waals surface area contributed by atoms with Crippen LogP contribution in [0.2, 0.25) is 0 Å². The molecule has 0 aliphatic carbocycles. The van der Waals surface area contributed by atoms with Crippen LogP contribution >= 0.6 is 12.2 Å². The average molecular weight is 366 g/mol. The molecule has 134 valence electrons. The molecule has 0 radical (unpaired) electrons. The molecule has 3 N–H and O–H groups in total. The Balaban J connectivity index is 1.89. The number of ether oxygens (including phenoxy) is 1. The molecule has 0 saturated heterocycles. The molecule has 4 nitrogen and oxygen atoms in total. The van der Waals surface area contributed by atoms with Crippen molar-refractivity contribution in [3.8, 4) is 5.75 Å². The highest BCUT2D eigenvalue weighted by Crippen LogP contribution is 2.17. The number of benzene rings is 2. The molecular formula is C18H22F2N3OS+. The molecule has 2 rings (SSSR count). The van der Waals surface area contributed by atoms with Gasteiger partial charge in [-0.05, 0) is 36.5 Å². The molecule has 1 atom stereocenters. The molecule has 25 heavy (non-hydrogen) atoms. The van der Waals surface area contributed by atoms with Crippen molar-refractivity contribution >= 4 is 23.0 Å². The van der Waals surface area contributed by atoms with E-state index in [1.165, 1.54) is 22.6 Å². The number of thiocarbonyl (C=S) groups is 1. The second-order valence-electron chi connectivity index (χ2n) is 5.78. The number of quaternary nitrogens is 1. The monoisotopic (exact) mass is 366 g/mol. The summed E-state index contributed by atoms with van der Waals surface area (Å²) in [7, 11) is 4.19. The third kappa shape index (κ3) is 6.28. The van der Waals surface area contributed by atoms with Gasteiger partial charge in [0.25, 0.3) is 0 Å². The summed E-state index contributed by atoms with van der Waals surface area (Å²) in [6.07, 6.45) is 0. The lowest BCUT2D eigenvalue weighted by Gasteiger charge is -2.23. The molecule has 7 heteroatoms. The van der Waals surface area contributed by atoms with E-state index < -0.39 is 6.61 Å². The average Bonchev–Trinajstić information content (AvgIpc) is 2.57. The molecule has 0 aliphatic heterocycles. The van der Waals surface area contributed by atoms with Crippen LogP contribution in [0, 0.1) is 0 Å². The van der Waals surface area contributed by atoms with Gasteiger partial charge in [-0.25, -0.2) is 0 Å². The molecule has 0 saturated carbocycles. The zero-order valence-electron chi connectivity index (χ0n) is 14.1. The van der Waals surface area contributed by atoms with Crippen molar-refractivity contribution in [3.05, 3.63) is 60.2 Å². The molecule has 0 aromatic heterocycles. The van der Waals surface area contributed by atoms with Crippen LogP contribution in [0.25, 0.3) is 0 Å². The minimum absolute atomic E-state index is 0.111. The van der Waals surface area contributed by atoms with Crippen molar-refractivity contribution in [1.82, 2.24) is 5.32 Å². The molecule has 0 heterocycles. The fourth-order valence-corrected chi connectivity index (χ4v) is 2.63. The lowest BCUT2D eigenvalue weighted by Crippen LogP contribution is -3.07. The van der Waals surface area contributed by atoms with Gasteiger partial charge < -0.3 is 20.3 Å². The standard InChI is InChI=1S/C18H21F2N3OS/c1-23(2)16(13-6-4-3-5-7-13)12-21-18(25)22-14-8-10-15(11-9-14)24-17(19)20/h3-11,16-17H,12H2,1-2H3,(H2,21,22,25)/p+1/t16-/m1/s1. The predicted octanol–water partition coefficient (Wildman–Crippen LogP) is 2.46. The van der Waals surface area contributed by atoms with E-state index in [2.05, 4.69) is 41.6 Å². The van der Waals surface area contributed by atoms with E-state index in [4.69, 9.17) is 12.2 Å². The largest absolute Gasteiger partial charge is 0.435 e. The zero-order chi connectivity index (χ0) is 18.2. The molecule has 0 bridgehead atoms. The Morgan fingerprint density at radius 3 is 2.28 bits per heavy atom. The van der Waals surface area contributed by atoms with Gasteiger partial charge in [0, 0.05) is 11.3 Å². The Kier molecular flexibility index (Phi) is 7.09. The number of rotatable bonds is 7. The smallest absolute Gasteiger partial charge is 0.387 e. The minimum atomic E-state index is -2.83. The van der Waals surface area contributed by atoms with Gasteiger partial charge in [0.15, 0.2) is 5.11 Å². The summed E-state index contributed by atoms with van der Waals surface area (Å²) >= 11 is 5.31. The van der Waals surface area contributed by atoms with Gasteiger partial charge in [0.1, 0.15) is 11.8 Å². The number of anilines is 1. The Labute approximate surface area is 151 Å². The predicted molar refractivity (Wildman–Crippen MR) is 99.3 cm³/mol. The quantitative estimate of drug-likeness (QED) is 0.658. The first-order valence-corrected chi connectivity index (χ1v) is 8.31. The summed E-state index contributed by atoms with van der Waals surface area (Å²) in [6.45, 7) is -2.16. The van der Waals surface area contributed by atoms with Crippen LogP contribution < -0.4 is 20.3 Å². The number of likely N-dealkylation sites (N-methyl/N-ethyl adjacent to an activating group) is 1. The fourth-order valence-electron chi connectivity index (χ4n) is 2.43. The summed E-state index contributed by atoms with van der Waals surface area (Å²) in [4.78, 5) is 1.29. The Bertz CT molecular complexity index is 666. The summed E-state index contributed by atoms with van der Waals surface area (Å²) in [5, 5.41) is 6.72. The lowest BCUT2D eigenvalue weighted by molar-refractivity contribution is -0.890. The zero-order valence-corrected chi connectivity index (χ0v) is 14.9. The van der Waals surface area contributed by atoms with Crippen LogP contribution in [0.5, 0.6) is 5.75 Å². The summed E-state index contributed by atoms with van der Waals surface area (Å²) in [5.74, 6) is 0.111. The van der Waals surface area contributed by atoms with E-state index in [1.54, 1.807) is 12.1 Å². The number of hydrogen-bond acceptors (Lipinski definition) is 2. The maximum atomic E-state index is 12.1. The molecule has 0 spiro atoms. The minimum Gasteiger partial charge on any atom is -0.435 e. The van der Waals surface area contributed by atoms with E-state index in [-0.39, 0.29) is 11.8 Å². The molecule has 2 aromatic carbocycles. The highest BCUT2D eigenvalue weighted by atomic mass is 32.1. The highest BCUT2D eigenvalue weighted by molar-refractivity contribution is 7.80. The van der Waals surface area contributed by atoms with Gasteiger partial charge in [-0.2, -0.15) is 8.78 Å². The van der Waals surface area contributed by atoms with Crippen LogP contribution in [0.4, 0.5) is 14.5 Å². The highest BCUT2D eigenvalue weighted by Gasteiger charge is 2.17. The van der Waals surface area contributed by atoms with Crippen molar-refractivity contribution < 1.29 is 18.4 Å². The van der Waals surface area contributed by atoms with E-state index in [1.807, 2.05) is 18.2 Å². The molecular weight excluding hydrogens is 344 g/mol. The van der Waals surface area contributed by atoms with Crippen molar-refractivity contribution in [2.75, 3.05) is 26.0 Å². The molecule has 0 fully saturated rings. The van der Waals surface area contributed by atoms with Crippen LogP contribution in [0.1, 0.15) is 11.6 Å². The van der Waals surface area contributed by atoms with Crippen molar-refractivity contribution in [2.24, 2.45) is 0 Å². The first-order valence-electron chi connectivity index (χ1n) is 7.90. The normalized spacial score (nSPS) is 12.1. The number of halogens is 2. The van der Waals surface area contributed by atoms with Gasteiger partial charge in [-0.1, -0.05) is 30.3 Å². The van der Waals surface area contributed by atoms with E-state index in [0.29, 0.717) is 17.3 Å². The molecule has 2 aromatic rings. The Morgan fingerprint density at radius 2 is 1.72 bits per heavy atom. The van der Waals surface area contributed by atoms with E-state index in [9.17, 15) is 8.78 Å². The molecule has 0 aliphatic rings. The summed E-state index contributed by atoms with van der Waals surface area (Å²) in [5.41, 5.74) is 1.93. The third-order valence-corrected chi connectivity index (χ3v) is 3.95. The van der Waals surface area contributed by atoms with Gasteiger partial charge in [0.05, 0.1) is 20.6 Å². The fraction of sp³-hybridized carbons (Fsp3) is 0.278. The summed E-state index contributed by atoms with van der Waals surface area (Å²) in [6, 6.07) is 16.7. The Hall–Kier alpha value is -2.25. The Morgan fingerprint density at radius 1 is 1.08 bits per heavy atom. The van der Waals surface area contributed by atoms with Crippen LogP contribution in [0.3, 0.4) is 0 Å². The maximum absolute atomic E-state index is 12.1. The first kappa shape index (κ1) is 19.1. The second kappa shape index (κ2) is 9.29. The number of alkyl halides is 2. The lowest BCUT2D eigenvalue weighted by atomic mass is 10.1. The van der Waals surface area contributed by atoms with Gasteiger partial charge in [-0.15, -0.1) is 0 Å². The van der Waals surface area contributed by atoms with Gasteiger partial charge in [-0.3, -0.25) is 0 Å². The number of hydrogen-bond donors (Lipinski definition) is 3. The third-order valence-electron chi connectivity index (χ3n) is 3.70. The van der Waals surface area contributed by atoms with E-state index in [0.717, 1.165) is 0 Å². The van der Waals surface area contributed by atoms with Crippen molar-refractivity contribution in [3.63, 3.8) is 0 Å². The van der Waals surface area contributed by atoms with Crippen LogP contribution in [-0.2, 0) is 0 Å². The summed E-state index contributed by atoms with van der Waals surface area (Å²) < 4.78 is 28.6. The van der Waals surface area contributed by atoms with E-state index >= 15 is 0 Å². The topological polar surface area (TPSA) is 37.7 Å². The molecule has 0 unspecified atom stereocenters. The SMILES string of the molecule is C[NH+](C)[C@H](CNC(=S)Nc1ccc(OC(F)F)cc1)c1ccccc1. The van der Waals surface area contributed by atoms with Gasteiger partial charge >= 0.3 is 6.61 Å². The number of nitrogens with one attached hydrogen (secondary N) is 3. The van der Waals surface area contributed by atoms with Crippen LogP contribution in [0.15, 0.2) is 54.6 Å². The first-order chi connectivity index (χ1) is 12.0. The van der Waals surface area contributed by atoms with Crippen molar-refractivity contribution in [1.29, 1.82) is 0 Å².